The number of carbonyl (C=O) groups is 4. The van der Waals surface area contributed by atoms with Gasteiger partial charge in [-0.1, -0.05) is 104 Å². The van der Waals surface area contributed by atoms with Crippen LogP contribution in [0.15, 0.2) is 122 Å². The Morgan fingerprint density at radius 3 is 2.22 bits per heavy atom. The van der Waals surface area contributed by atoms with E-state index in [4.69, 9.17) is 23.7 Å². The van der Waals surface area contributed by atoms with Crippen LogP contribution >= 0.6 is 0 Å². The van der Waals surface area contributed by atoms with Crippen LogP contribution in [0.3, 0.4) is 0 Å². The molecule has 1 N–H and O–H groups in total. The second-order valence-electron chi connectivity index (χ2n) is 13.1. The normalized spacial score (nSPS) is 24.4. The Kier molecular flexibility index (Phi) is 10.6. The highest BCUT2D eigenvalue weighted by atomic mass is 16.6. The maximum atomic E-state index is 15.7. The average molecular weight is 733 g/mol. The van der Waals surface area contributed by atoms with Crippen LogP contribution in [-0.4, -0.2) is 80.1 Å². The average Bonchev–Trinajstić information content (AvgIpc) is 3.66. The van der Waals surface area contributed by atoms with Gasteiger partial charge in [-0.25, -0.2) is 9.69 Å². The second kappa shape index (κ2) is 15.7. The number of morpholine rings is 1. The van der Waals surface area contributed by atoms with E-state index in [0.29, 0.717) is 22.4 Å². The van der Waals surface area contributed by atoms with Crippen LogP contribution in [0.5, 0.6) is 5.75 Å². The van der Waals surface area contributed by atoms with E-state index in [1.165, 1.54) is 13.2 Å². The first-order valence-electron chi connectivity index (χ1n) is 17.7. The molecular formula is C42H40N2O10. The molecule has 4 aromatic carbocycles. The lowest BCUT2D eigenvalue weighted by Gasteiger charge is -2.46. The molecular weight excluding hydrogens is 692 g/mol. The molecule has 3 heterocycles. The topological polar surface area (TPSA) is 141 Å². The lowest BCUT2D eigenvalue weighted by molar-refractivity contribution is -0.180. The molecule has 0 unspecified atom stereocenters. The quantitative estimate of drug-likeness (QED) is 0.0886. The predicted molar refractivity (Wildman–Crippen MR) is 195 cm³/mol. The van der Waals surface area contributed by atoms with Gasteiger partial charge in [0.1, 0.15) is 49.0 Å². The van der Waals surface area contributed by atoms with Crippen LogP contribution < -0.4 is 9.64 Å². The summed E-state index contributed by atoms with van der Waals surface area (Å²) in [5, 5.41) is 9.58. The van der Waals surface area contributed by atoms with Crippen molar-refractivity contribution in [3.8, 4) is 5.75 Å². The van der Waals surface area contributed by atoms with Gasteiger partial charge in [0.2, 0.25) is 5.91 Å². The molecule has 1 spiro atoms. The number of ether oxygens (including phenoxy) is 5. The third-order valence-corrected chi connectivity index (χ3v) is 10.2. The number of esters is 2. The van der Waals surface area contributed by atoms with Crippen molar-refractivity contribution in [3.05, 3.63) is 144 Å². The van der Waals surface area contributed by atoms with E-state index in [9.17, 15) is 19.5 Å². The Labute approximate surface area is 312 Å². The largest absolute Gasteiger partial charge is 0.491 e. The number of amides is 2. The number of methoxy groups -OCH3 is 1. The SMILES string of the molecule is C=CCOC(=O)[C@H]1[C@@H]2C(=O)O[C@@H](c3ccccc3)[C@@H](c3ccccc3)N2[C@@H](c2cccc(OCCO)c2)[C@]12C(=O)N(C(=O)OCCOC)c1ccccc12. The highest BCUT2D eigenvalue weighted by Crippen LogP contribution is 2.66. The first-order chi connectivity index (χ1) is 26.4. The van der Waals surface area contributed by atoms with Crippen LogP contribution in [0.4, 0.5) is 10.5 Å². The number of cyclic esters (lactones) is 1. The zero-order valence-corrected chi connectivity index (χ0v) is 29.6. The number of fused-ring (bicyclic) bond motifs is 3. The summed E-state index contributed by atoms with van der Waals surface area (Å²) < 4.78 is 28.6. The zero-order chi connectivity index (χ0) is 37.8. The highest BCUT2D eigenvalue weighted by Gasteiger charge is 2.76. The van der Waals surface area contributed by atoms with E-state index in [1.54, 1.807) is 48.5 Å². The molecule has 2 amide bonds. The molecule has 0 saturated carbocycles. The molecule has 3 aliphatic heterocycles. The maximum absolute atomic E-state index is 15.7. The number of aliphatic hydroxyl groups is 1. The van der Waals surface area contributed by atoms with Crippen molar-refractivity contribution in [1.82, 2.24) is 4.90 Å². The third-order valence-electron chi connectivity index (χ3n) is 10.2. The highest BCUT2D eigenvalue weighted by molar-refractivity contribution is 6.23. The number of aliphatic hydroxyl groups excluding tert-OH is 1. The standard InChI is InChI=1S/C42H40N2O10/c1-3-22-52-38(46)33-35-39(47)54-36(28-15-8-5-9-16-28)34(27-13-6-4-7-14-27)44(35)37(29-17-12-18-30(26-29)51-23-21-45)42(33)31-19-10-11-20-32(31)43(40(42)48)41(49)53-25-24-50-2/h3-20,26,33-37,45H,1,21-25H2,2H3/t33-,34-,35-,36+,37+,42-/m1/s1. The Morgan fingerprint density at radius 1 is 0.833 bits per heavy atom. The predicted octanol–water partition coefficient (Wildman–Crippen LogP) is 5.24. The first-order valence-corrected chi connectivity index (χ1v) is 17.7. The van der Waals surface area contributed by atoms with E-state index < -0.39 is 59.5 Å². The lowest BCUT2D eigenvalue weighted by Crippen LogP contribution is -2.53. The summed E-state index contributed by atoms with van der Waals surface area (Å²) in [5.41, 5.74) is 0.545. The van der Waals surface area contributed by atoms with E-state index in [0.717, 1.165) is 10.5 Å². The van der Waals surface area contributed by atoms with Crippen LogP contribution in [-0.2, 0) is 38.7 Å². The van der Waals surface area contributed by atoms with Crippen molar-refractivity contribution in [2.45, 2.75) is 29.6 Å². The van der Waals surface area contributed by atoms with E-state index >= 15 is 4.79 Å². The molecule has 7 rings (SSSR count). The van der Waals surface area contributed by atoms with Crippen molar-refractivity contribution in [1.29, 1.82) is 0 Å². The number of carbonyl (C=O) groups excluding carboxylic acids is 4. The van der Waals surface area contributed by atoms with Crippen LogP contribution in [0.2, 0.25) is 0 Å². The number of hydrogen-bond donors (Lipinski definition) is 1. The summed E-state index contributed by atoms with van der Waals surface area (Å²) in [6.45, 7) is 3.21. The molecule has 0 aromatic heterocycles. The Balaban J connectivity index is 1.55. The van der Waals surface area contributed by atoms with E-state index in [1.807, 2.05) is 65.6 Å². The number of imide groups is 1. The van der Waals surface area contributed by atoms with Gasteiger partial charge in [-0.2, -0.15) is 0 Å². The number of anilines is 1. The summed E-state index contributed by atoms with van der Waals surface area (Å²) in [4.78, 5) is 61.9. The Hall–Kier alpha value is -5.82. The van der Waals surface area contributed by atoms with Gasteiger partial charge >= 0.3 is 18.0 Å². The summed E-state index contributed by atoms with van der Waals surface area (Å²) in [6.07, 6.45) is -0.444. The van der Waals surface area contributed by atoms with Crippen molar-refractivity contribution < 1.29 is 48.0 Å². The fourth-order valence-corrected chi connectivity index (χ4v) is 8.25. The van der Waals surface area contributed by atoms with Gasteiger partial charge in [0.05, 0.1) is 31.0 Å². The number of benzene rings is 4. The maximum Gasteiger partial charge on any atom is 0.421 e. The minimum Gasteiger partial charge on any atom is -0.491 e. The van der Waals surface area contributed by atoms with Gasteiger partial charge in [0.15, 0.2) is 0 Å². The van der Waals surface area contributed by atoms with Crippen molar-refractivity contribution in [3.63, 3.8) is 0 Å². The minimum atomic E-state index is -1.95. The number of hydrogen-bond acceptors (Lipinski definition) is 11. The minimum absolute atomic E-state index is 0.0000105. The van der Waals surface area contributed by atoms with Crippen molar-refractivity contribution in [2.75, 3.05) is 45.0 Å². The molecule has 6 atom stereocenters. The summed E-state index contributed by atoms with van der Waals surface area (Å²) >= 11 is 0. The molecule has 0 aliphatic carbocycles. The summed E-state index contributed by atoms with van der Waals surface area (Å²) in [6, 6.07) is 29.2. The molecule has 2 fully saturated rings. The van der Waals surface area contributed by atoms with E-state index in [-0.39, 0.29) is 38.7 Å². The van der Waals surface area contributed by atoms with Gasteiger partial charge in [-0.15, -0.1) is 0 Å². The Bertz CT molecular complexity index is 2020. The number of nitrogens with zero attached hydrogens (tertiary/aromatic N) is 2. The van der Waals surface area contributed by atoms with E-state index in [2.05, 4.69) is 6.58 Å². The van der Waals surface area contributed by atoms with Crippen molar-refractivity contribution in [2.24, 2.45) is 5.92 Å². The van der Waals surface area contributed by atoms with Gasteiger partial charge in [-0.05, 0) is 40.5 Å². The molecule has 278 valence electrons. The Morgan fingerprint density at radius 2 is 1.52 bits per heavy atom. The smallest absolute Gasteiger partial charge is 0.421 e. The fourth-order valence-electron chi connectivity index (χ4n) is 8.25. The molecule has 3 aliphatic rings. The molecule has 12 nitrogen and oxygen atoms in total. The number of para-hydroxylation sites is 1. The van der Waals surface area contributed by atoms with Crippen molar-refractivity contribution >= 4 is 29.6 Å². The molecule has 0 radical (unpaired) electrons. The molecule has 2 saturated heterocycles. The fraction of sp³-hybridized carbons (Fsp3) is 0.286. The summed E-state index contributed by atoms with van der Waals surface area (Å²) in [7, 11) is 1.46. The van der Waals surface area contributed by atoms with Crippen LogP contribution in [0.25, 0.3) is 0 Å². The monoisotopic (exact) mass is 732 g/mol. The molecule has 4 aromatic rings. The van der Waals surface area contributed by atoms with Gasteiger partial charge < -0.3 is 28.8 Å². The molecule has 54 heavy (non-hydrogen) atoms. The molecule has 12 heteroatoms. The second-order valence-corrected chi connectivity index (χ2v) is 13.1. The third kappa shape index (κ3) is 6.11. The first kappa shape index (κ1) is 36.5. The van der Waals surface area contributed by atoms with Gasteiger partial charge in [-0.3, -0.25) is 19.3 Å². The van der Waals surface area contributed by atoms with Gasteiger partial charge in [0, 0.05) is 7.11 Å². The number of rotatable bonds is 12. The van der Waals surface area contributed by atoms with Crippen LogP contribution in [0.1, 0.15) is 40.4 Å². The van der Waals surface area contributed by atoms with Gasteiger partial charge in [0.25, 0.3) is 0 Å². The molecule has 0 bridgehead atoms. The summed E-state index contributed by atoms with van der Waals surface area (Å²) in [5.74, 6) is -3.50. The zero-order valence-electron chi connectivity index (χ0n) is 29.6. The lowest BCUT2D eigenvalue weighted by atomic mass is 9.65. The van der Waals surface area contributed by atoms with Crippen LogP contribution in [0, 0.1) is 5.92 Å².